The highest BCUT2D eigenvalue weighted by atomic mass is 32.2. The normalized spacial score (nSPS) is 11.4. The maximum Gasteiger partial charge on any atom is 0.337 e. The molecule has 0 aliphatic rings. The van der Waals surface area contributed by atoms with Crippen molar-refractivity contribution in [1.82, 2.24) is 0 Å². The van der Waals surface area contributed by atoms with Crippen LogP contribution in [0, 0.1) is 0 Å². The molecule has 0 heterocycles. The summed E-state index contributed by atoms with van der Waals surface area (Å²) in [4.78, 5) is 49.2. The summed E-state index contributed by atoms with van der Waals surface area (Å²) < 4.78 is 56.5. The van der Waals surface area contributed by atoms with Crippen LogP contribution < -0.4 is 20.1 Å². The molecule has 0 bridgehead atoms. The molecule has 0 atom stereocenters. The lowest BCUT2D eigenvalue weighted by Gasteiger charge is -2.14. The van der Waals surface area contributed by atoms with Gasteiger partial charge in [-0.05, 0) is 97.5 Å². The Balaban J connectivity index is 1.35. The number of benzene rings is 4. The van der Waals surface area contributed by atoms with Crippen LogP contribution in [0.15, 0.2) is 94.7 Å². The van der Waals surface area contributed by atoms with E-state index in [1.165, 1.54) is 48.5 Å². The standard InChI is InChI=1S/C38H42N4O10S2/c1-3-5-7-25-9-15-29(16-10-25)53(49,50)41-33-19-13-27(23-31(33)37(45)46)39-35(43)21-22-36(44)40-28-14-20-34(32(24-28)38(47)48)42-54(51,52)30-17-11-26(12-18-30)8-6-4-2/h9-20,23-24,41-42H,3-8,21-22H2,1-2H3,(H,39,43)(H,40,44)(H,45,46)(H,47,48). The molecule has 0 spiro atoms. The maximum absolute atomic E-state index is 13.0. The maximum atomic E-state index is 13.0. The molecule has 4 aromatic carbocycles. The van der Waals surface area contributed by atoms with E-state index in [0.717, 1.165) is 61.8 Å². The van der Waals surface area contributed by atoms with Crippen molar-refractivity contribution in [3.63, 3.8) is 0 Å². The molecule has 286 valence electrons. The van der Waals surface area contributed by atoms with Crippen LogP contribution in [0.1, 0.15) is 84.2 Å². The zero-order valence-electron chi connectivity index (χ0n) is 29.7. The number of sulfonamides is 2. The summed E-state index contributed by atoms with van der Waals surface area (Å²) in [5.74, 6) is -4.22. The quantitative estimate of drug-likeness (QED) is 0.0589. The van der Waals surface area contributed by atoms with Gasteiger partial charge in [-0.2, -0.15) is 0 Å². The number of hydrogen-bond acceptors (Lipinski definition) is 8. The Morgan fingerprint density at radius 3 is 1.20 bits per heavy atom. The molecule has 0 aromatic heterocycles. The third-order valence-electron chi connectivity index (χ3n) is 8.24. The van der Waals surface area contributed by atoms with Crippen molar-refractivity contribution < 1.29 is 46.2 Å². The van der Waals surface area contributed by atoms with Crippen LogP contribution in [-0.2, 0) is 42.5 Å². The molecular weight excluding hydrogens is 737 g/mol. The zero-order valence-corrected chi connectivity index (χ0v) is 31.3. The molecule has 6 N–H and O–H groups in total. The Morgan fingerprint density at radius 2 is 0.889 bits per heavy atom. The van der Waals surface area contributed by atoms with Crippen molar-refractivity contribution >= 4 is 66.5 Å². The van der Waals surface area contributed by atoms with E-state index in [-0.39, 0.29) is 45.4 Å². The average molecular weight is 779 g/mol. The smallest absolute Gasteiger partial charge is 0.337 e. The number of aryl methyl sites for hydroxylation is 2. The minimum Gasteiger partial charge on any atom is -0.478 e. The molecule has 4 rings (SSSR count). The number of carbonyl (C=O) groups is 4. The van der Waals surface area contributed by atoms with Crippen LogP contribution in [0.25, 0.3) is 0 Å². The number of aromatic carboxylic acids is 2. The van der Waals surface area contributed by atoms with Crippen LogP contribution >= 0.6 is 0 Å². The van der Waals surface area contributed by atoms with Gasteiger partial charge in [-0.15, -0.1) is 0 Å². The van der Waals surface area contributed by atoms with Gasteiger partial charge < -0.3 is 20.8 Å². The first-order valence-corrected chi connectivity index (χ1v) is 20.2. The number of amides is 2. The highest BCUT2D eigenvalue weighted by Gasteiger charge is 2.22. The van der Waals surface area contributed by atoms with Crippen molar-refractivity contribution in [3.05, 3.63) is 107 Å². The molecule has 0 aliphatic heterocycles. The van der Waals surface area contributed by atoms with Gasteiger partial charge in [0.05, 0.1) is 32.3 Å². The second kappa shape index (κ2) is 18.3. The van der Waals surface area contributed by atoms with Gasteiger partial charge in [0.25, 0.3) is 20.0 Å². The third kappa shape index (κ3) is 11.4. The van der Waals surface area contributed by atoms with Gasteiger partial charge in [-0.25, -0.2) is 26.4 Å². The fraction of sp³-hybridized carbons (Fsp3) is 0.263. The Labute approximate surface area is 314 Å². The molecule has 54 heavy (non-hydrogen) atoms. The van der Waals surface area contributed by atoms with Gasteiger partial charge in [0.1, 0.15) is 0 Å². The minimum atomic E-state index is -4.13. The molecule has 0 unspecified atom stereocenters. The molecule has 0 saturated heterocycles. The highest BCUT2D eigenvalue weighted by molar-refractivity contribution is 7.93. The molecule has 0 radical (unpaired) electrons. The van der Waals surface area contributed by atoms with Crippen molar-refractivity contribution in [1.29, 1.82) is 0 Å². The average Bonchev–Trinajstić information content (AvgIpc) is 3.13. The van der Waals surface area contributed by atoms with E-state index in [0.29, 0.717) is 0 Å². The second-order valence-corrected chi connectivity index (χ2v) is 15.8. The van der Waals surface area contributed by atoms with Crippen molar-refractivity contribution in [2.45, 2.75) is 75.0 Å². The van der Waals surface area contributed by atoms with Crippen LogP contribution in [0.2, 0.25) is 0 Å². The summed E-state index contributed by atoms with van der Waals surface area (Å²) in [6.07, 6.45) is 4.80. The Bertz CT molecular complexity index is 2060. The van der Waals surface area contributed by atoms with E-state index >= 15 is 0 Å². The molecular formula is C38H42N4O10S2. The van der Waals surface area contributed by atoms with Gasteiger partial charge in [0.15, 0.2) is 0 Å². The lowest BCUT2D eigenvalue weighted by atomic mass is 10.1. The van der Waals surface area contributed by atoms with E-state index in [9.17, 15) is 46.2 Å². The van der Waals surface area contributed by atoms with Gasteiger partial charge in [-0.1, -0.05) is 51.0 Å². The molecule has 4 aromatic rings. The Kier molecular flexibility index (Phi) is 13.9. The summed E-state index contributed by atoms with van der Waals surface area (Å²) in [7, 11) is -8.26. The summed E-state index contributed by atoms with van der Waals surface area (Å²) in [6.45, 7) is 4.10. The van der Waals surface area contributed by atoms with Crippen LogP contribution in [0.4, 0.5) is 22.7 Å². The predicted octanol–water partition coefficient (Wildman–Crippen LogP) is 6.73. The first-order chi connectivity index (χ1) is 25.6. The fourth-order valence-corrected chi connectivity index (χ4v) is 7.45. The topological polar surface area (TPSA) is 225 Å². The number of carboxylic acid groups (broad SMARTS) is 2. The van der Waals surface area contributed by atoms with Gasteiger partial charge in [0, 0.05) is 24.2 Å². The number of hydrogen-bond donors (Lipinski definition) is 6. The van der Waals surface area contributed by atoms with Gasteiger partial charge >= 0.3 is 11.9 Å². The second-order valence-electron chi connectivity index (χ2n) is 12.4. The van der Waals surface area contributed by atoms with Crippen molar-refractivity contribution in [2.24, 2.45) is 0 Å². The number of nitrogens with one attached hydrogen (secondary N) is 4. The fourth-order valence-electron chi connectivity index (χ4n) is 5.29. The van der Waals surface area contributed by atoms with Gasteiger partial charge in [-0.3, -0.25) is 19.0 Å². The number of anilines is 4. The number of unbranched alkanes of at least 4 members (excludes halogenated alkanes) is 2. The number of carbonyl (C=O) groups excluding carboxylic acids is 2. The summed E-state index contributed by atoms with van der Waals surface area (Å²) in [6, 6.07) is 19.8. The van der Waals surface area contributed by atoms with E-state index in [1.54, 1.807) is 24.3 Å². The molecule has 0 aliphatic carbocycles. The number of carboxylic acids is 2. The van der Waals surface area contributed by atoms with Crippen LogP contribution in [-0.4, -0.2) is 50.8 Å². The Hall–Kier alpha value is -5.74. The SMILES string of the molecule is CCCCc1ccc(S(=O)(=O)Nc2ccc(NC(=O)CCC(=O)Nc3ccc(NS(=O)(=O)c4ccc(CCCC)cc4)c(C(=O)O)c3)cc2C(=O)O)cc1. The molecule has 0 saturated carbocycles. The van der Waals surface area contributed by atoms with E-state index in [4.69, 9.17) is 0 Å². The first-order valence-electron chi connectivity index (χ1n) is 17.2. The van der Waals surface area contributed by atoms with Crippen LogP contribution in [0.3, 0.4) is 0 Å². The number of rotatable bonds is 19. The minimum absolute atomic E-state index is 0.0395. The summed E-state index contributed by atoms with van der Waals surface area (Å²) in [5.41, 5.74) is 0.752. The van der Waals surface area contributed by atoms with Crippen LogP contribution in [0.5, 0.6) is 0 Å². The lowest BCUT2D eigenvalue weighted by molar-refractivity contribution is -0.121. The van der Waals surface area contributed by atoms with Crippen molar-refractivity contribution in [2.75, 3.05) is 20.1 Å². The lowest BCUT2D eigenvalue weighted by Crippen LogP contribution is -2.19. The largest absolute Gasteiger partial charge is 0.478 e. The zero-order chi connectivity index (χ0) is 39.5. The molecule has 14 nitrogen and oxygen atoms in total. The highest BCUT2D eigenvalue weighted by Crippen LogP contribution is 2.26. The monoisotopic (exact) mass is 778 g/mol. The van der Waals surface area contributed by atoms with E-state index in [1.807, 2.05) is 0 Å². The van der Waals surface area contributed by atoms with Gasteiger partial charge in [0.2, 0.25) is 11.8 Å². The summed E-state index contributed by atoms with van der Waals surface area (Å²) in [5, 5.41) is 24.5. The first kappa shape index (κ1) is 41.0. The van der Waals surface area contributed by atoms with Crippen molar-refractivity contribution in [3.8, 4) is 0 Å². The van der Waals surface area contributed by atoms with E-state index in [2.05, 4.69) is 33.9 Å². The summed E-state index contributed by atoms with van der Waals surface area (Å²) >= 11 is 0. The predicted molar refractivity (Wildman–Crippen MR) is 205 cm³/mol. The molecule has 0 fully saturated rings. The molecule has 16 heteroatoms. The van der Waals surface area contributed by atoms with E-state index < -0.39 is 54.9 Å². The molecule has 2 amide bonds. The Morgan fingerprint density at radius 1 is 0.537 bits per heavy atom. The third-order valence-corrected chi connectivity index (χ3v) is 11.0.